The first-order valence-corrected chi connectivity index (χ1v) is 8.36. The molecule has 3 rings (SSSR count). The number of hydrogen-bond donors (Lipinski definition) is 2. The molecule has 124 valence electrons. The molecule has 0 aliphatic carbocycles. The van der Waals surface area contributed by atoms with Crippen molar-refractivity contribution in [2.45, 2.75) is 10.6 Å². The van der Waals surface area contributed by atoms with Gasteiger partial charge in [0.25, 0.3) is 11.8 Å². The number of benzene rings is 1. The predicted molar refractivity (Wildman–Crippen MR) is 90.2 cm³/mol. The van der Waals surface area contributed by atoms with E-state index < -0.39 is 11.8 Å². The topological polar surface area (TPSA) is 82.8 Å². The van der Waals surface area contributed by atoms with E-state index in [4.69, 9.17) is 9.52 Å². The van der Waals surface area contributed by atoms with Crippen molar-refractivity contribution in [2.75, 3.05) is 18.5 Å². The molecular formula is C17H16N2O4S. The second kappa shape index (κ2) is 7.37. The van der Waals surface area contributed by atoms with Gasteiger partial charge in [0.15, 0.2) is 0 Å². The third kappa shape index (κ3) is 3.69. The van der Waals surface area contributed by atoms with Gasteiger partial charge < -0.3 is 14.8 Å². The quantitative estimate of drug-likeness (QED) is 0.592. The second-order valence-electron chi connectivity index (χ2n) is 5.09. The van der Waals surface area contributed by atoms with Crippen LogP contribution in [-0.4, -0.2) is 35.0 Å². The van der Waals surface area contributed by atoms with Crippen LogP contribution in [0.25, 0.3) is 0 Å². The van der Waals surface area contributed by atoms with Crippen LogP contribution < -0.4 is 5.32 Å². The van der Waals surface area contributed by atoms with Crippen molar-refractivity contribution in [3.8, 4) is 0 Å². The number of aliphatic hydroxyl groups excluding tert-OH is 1. The number of nitrogens with one attached hydrogen (secondary N) is 1. The number of carbonyl (C=O) groups is 2. The Hall–Kier alpha value is -2.51. The van der Waals surface area contributed by atoms with Gasteiger partial charge in [-0.05, 0) is 36.4 Å². The van der Waals surface area contributed by atoms with Crippen LogP contribution in [0.2, 0.25) is 0 Å². The lowest BCUT2D eigenvalue weighted by Gasteiger charge is -2.13. The number of carbonyl (C=O) groups excluding carboxylic acids is 2. The van der Waals surface area contributed by atoms with Crippen LogP contribution in [-0.2, 0) is 15.3 Å². The Morgan fingerprint density at radius 2 is 1.96 bits per heavy atom. The fourth-order valence-corrected chi connectivity index (χ4v) is 3.05. The number of thioether (sulfide) groups is 1. The summed E-state index contributed by atoms with van der Waals surface area (Å²) in [5.41, 5.74) is 0.931. The van der Waals surface area contributed by atoms with Gasteiger partial charge in [0.1, 0.15) is 11.5 Å². The van der Waals surface area contributed by atoms with E-state index in [1.54, 1.807) is 18.0 Å². The number of furan rings is 1. The lowest BCUT2D eigenvalue weighted by atomic mass is 10.3. The van der Waals surface area contributed by atoms with E-state index in [0.29, 0.717) is 0 Å². The van der Waals surface area contributed by atoms with E-state index in [2.05, 4.69) is 5.32 Å². The van der Waals surface area contributed by atoms with E-state index in [9.17, 15) is 9.59 Å². The SMILES string of the molecule is O=C1C=C(Nc2ccc(SCc3ccco3)cc2)C(=O)N1CCO. The molecule has 2 N–H and O–H groups in total. The number of anilines is 1. The van der Waals surface area contributed by atoms with E-state index in [-0.39, 0.29) is 18.8 Å². The molecule has 2 amide bonds. The Morgan fingerprint density at radius 1 is 1.17 bits per heavy atom. The summed E-state index contributed by atoms with van der Waals surface area (Å²) in [5.74, 6) is 0.813. The summed E-state index contributed by atoms with van der Waals surface area (Å²) in [7, 11) is 0. The van der Waals surface area contributed by atoms with Crippen molar-refractivity contribution in [1.82, 2.24) is 4.90 Å². The van der Waals surface area contributed by atoms with Crippen molar-refractivity contribution in [3.63, 3.8) is 0 Å². The molecule has 1 aliphatic rings. The maximum absolute atomic E-state index is 12.1. The molecule has 0 spiro atoms. The molecule has 0 fully saturated rings. The first kappa shape index (κ1) is 16.4. The number of β-amino-alcohol motifs (C(OH)–C–C–N with tert-alkyl or cyclic N) is 1. The molecule has 0 radical (unpaired) electrons. The summed E-state index contributed by atoms with van der Waals surface area (Å²) in [6.45, 7) is -0.248. The van der Waals surface area contributed by atoms with Gasteiger partial charge in [0, 0.05) is 16.7 Å². The van der Waals surface area contributed by atoms with Gasteiger partial charge in [0.05, 0.1) is 25.2 Å². The highest BCUT2D eigenvalue weighted by Crippen LogP contribution is 2.25. The van der Waals surface area contributed by atoms with E-state index in [1.807, 2.05) is 36.4 Å². The van der Waals surface area contributed by atoms with Crippen LogP contribution in [0.3, 0.4) is 0 Å². The standard InChI is InChI=1S/C17H16N2O4S/c20-8-7-19-16(21)10-15(17(19)22)18-12-3-5-14(6-4-12)24-11-13-2-1-9-23-13/h1-6,9-10,18,20H,7-8,11H2. The number of nitrogens with zero attached hydrogens (tertiary/aromatic N) is 1. The fourth-order valence-electron chi connectivity index (χ4n) is 2.25. The molecule has 0 unspecified atom stereocenters. The molecule has 1 aliphatic heterocycles. The zero-order valence-corrected chi connectivity index (χ0v) is 13.6. The van der Waals surface area contributed by atoms with Crippen molar-refractivity contribution in [1.29, 1.82) is 0 Å². The number of rotatable bonds is 7. The van der Waals surface area contributed by atoms with Crippen LogP contribution in [0, 0.1) is 0 Å². The highest BCUT2D eigenvalue weighted by atomic mass is 32.2. The number of amides is 2. The maximum Gasteiger partial charge on any atom is 0.277 e. The molecule has 0 bridgehead atoms. The highest BCUT2D eigenvalue weighted by Gasteiger charge is 2.30. The molecule has 6 nitrogen and oxygen atoms in total. The van der Waals surface area contributed by atoms with Crippen LogP contribution in [0.15, 0.2) is 63.7 Å². The molecule has 1 aromatic carbocycles. The Kier molecular flexibility index (Phi) is 5.02. The summed E-state index contributed by atoms with van der Waals surface area (Å²) in [6, 6.07) is 11.3. The van der Waals surface area contributed by atoms with Gasteiger partial charge in [-0.1, -0.05) is 0 Å². The summed E-state index contributed by atoms with van der Waals surface area (Å²) in [6.07, 6.45) is 2.90. The fraction of sp³-hybridized carbons (Fsp3) is 0.176. The average Bonchev–Trinajstić information content (AvgIpc) is 3.19. The molecule has 0 atom stereocenters. The molecule has 2 heterocycles. The van der Waals surface area contributed by atoms with Gasteiger partial charge in [-0.15, -0.1) is 11.8 Å². The molecule has 7 heteroatoms. The number of imide groups is 1. The smallest absolute Gasteiger partial charge is 0.277 e. The Morgan fingerprint density at radius 3 is 2.62 bits per heavy atom. The number of hydrogen-bond acceptors (Lipinski definition) is 6. The van der Waals surface area contributed by atoms with Gasteiger partial charge in [-0.25, -0.2) is 0 Å². The zero-order valence-electron chi connectivity index (χ0n) is 12.8. The maximum atomic E-state index is 12.1. The average molecular weight is 344 g/mol. The van der Waals surface area contributed by atoms with E-state index >= 15 is 0 Å². The molecular weight excluding hydrogens is 328 g/mol. The third-order valence-corrected chi connectivity index (χ3v) is 4.46. The van der Waals surface area contributed by atoms with Crippen molar-refractivity contribution in [3.05, 3.63) is 60.2 Å². The van der Waals surface area contributed by atoms with E-state index in [1.165, 1.54) is 6.08 Å². The van der Waals surface area contributed by atoms with Crippen LogP contribution in [0.5, 0.6) is 0 Å². The van der Waals surface area contributed by atoms with Gasteiger partial charge in [0.2, 0.25) is 0 Å². The first-order chi connectivity index (χ1) is 11.7. The Labute approximate surface area is 143 Å². The van der Waals surface area contributed by atoms with Gasteiger partial charge in [-0.2, -0.15) is 0 Å². The Balaban J connectivity index is 1.59. The van der Waals surface area contributed by atoms with Crippen molar-refractivity contribution < 1.29 is 19.1 Å². The predicted octanol–water partition coefficient (Wildman–Crippen LogP) is 2.23. The summed E-state index contributed by atoms with van der Waals surface area (Å²) >= 11 is 1.64. The van der Waals surface area contributed by atoms with Crippen LogP contribution in [0.1, 0.15) is 5.76 Å². The van der Waals surface area contributed by atoms with Gasteiger partial charge in [-0.3, -0.25) is 14.5 Å². The normalized spacial score (nSPS) is 14.2. The van der Waals surface area contributed by atoms with Crippen molar-refractivity contribution in [2.24, 2.45) is 0 Å². The third-order valence-electron chi connectivity index (χ3n) is 3.43. The monoisotopic (exact) mass is 344 g/mol. The lowest BCUT2D eigenvalue weighted by molar-refractivity contribution is -0.137. The number of aliphatic hydroxyl groups is 1. The first-order valence-electron chi connectivity index (χ1n) is 7.38. The minimum atomic E-state index is -0.426. The van der Waals surface area contributed by atoms with E-state index in [0.717, 1.165) is 27.0 Å². The van der Waals surface area contributed by atoms with Crippen LogP contribution in [0.4, 0.5) is 5.69 Å². The minimum absolute atomic E-state index is 0.00169. The lowest BCUT2D eigenvalue weighted by Crippen LogP contribution is -2.34. The molecule has 0 saturated heterocycles. The second-order valence-corrected chi connectivity index (χ2v) is 6.14. The zero-order chi connectivity index (χ0) is 16.9. The van der Waals surface area contributed by atoms with Crippen molar-refractivity contribution >= 4 is 29.3 Å². The molecule has 1 aromatic heterocycles. The minimum Gasteiger partial charge on any atom is -0.468 e. The molecule has 2 aromatic rings. The largest absolute Gasteiger partial charge is 0.468 e. The summed E-state index contributed by atoms with van der Waals surface area (Å²) < 4.78 is 5.29. The van der Waals surface area contributed by atoms with Crippen LogP contribution >= 0.6 is 11.8 Å². The molecule has 0 saturated carbocycles. The summed E-state index contributed by atoms with van der Waals surface area (Å²) in [4.78, 5) is 25.8. The highest BCUT2D eigenvalue weighted by molar-refractivity contribution is 7.98. The molecule has 24 heavy (non-hydrogen) atoms. The summed E-state index contributed by atoms with van der Waals surface area (Å²) in [5, 5.41) is 11.8. The Bertz CT molecular complexity index is 753. The van der Waals surface area contributed by atoms with Gasteiger partial charge >= 0.3 is 0 Å².